The van der Waals surface area contributed by atoms with Crippen molar-refractivity contribution in [3.63, 3.8) is 0 Å². The van der Waals surface area contributed by atoms with Crippen LogP contribution >= 0.6 is 0 Å². The van der Waals surface area contributed by atoms with E-state index in [9.17, 15) is 49.5 Å². The molecule has 20 heteroatoms. The molecule has 1 rings (SSSR count). The first kappa shape index (κ1) is 75.3. The van der Waals surface area contributed by atoms with Gasteiger partial charge in [-0.3, -0.25) is 0 Å². The Kier molecular flexibility index (Phi) is 59.7. The van der Waals surface area contributed by atoms with Crippen molar-refractivity contribution >= 4 is 36.1 Å². The Labute approximate surface area is 357 Å². The zero-order valence-corrected chi connectivity index (χ0v) is 37.1. The molecule has 0 atom stereocenters. The van der Waals surface area contributed by atoms with Crippen LogP contribution in [0.15, 0.2) is 23.3 Å². The molecule has 1 aromatic carbocycles. The number of benzene rings is 1. The Morgan fingerprint density at radius 1 is 0.642 bits per heavy atom. The van der Waals surface area contributed by atoms with Crippen LogP contribution in [-0.4, -0.2) is 92.1 Å². The van der Waals surface area contributed by atoms with Crippen molar-refractivity contribution in [1.82, 2.24) is 5.43 Å². The molecule has 0 unspecified atom stereocenters. The maximum absolute atomic E-state index is 11.5. The van der Waals surface area contributed by atoms with Crippen molar-refractivity contribution in [3.8, 4) is 11.5 Å². The number of aliphatic hydroxyl groups excluding tert-OH is 4. The SMILES string of the molecule is CC(C)(C)C(=O)[O-].CC(C)(C)C(=O)[O-].CC(C)(C)C(=O)[O-].CC(C)(C)C(=O)[O-].CO.CO.CO.CO.COc1cccc(/C=N/NC(N)=O)c1[O-].[Co+3].[Gd+2]. The van der Waals surface area contributed by atoms with E-state index in [4.69, 9.17) is 30.9 Å². The number of carboxylic acid groups (broad SMARTS) is 4. The van der Waals surface area contributed by atoms with E-state index in [0.717, 1.165) is 28.4 Å². The number of amides is 2. The Bertz CT molecular complexity index is 999. The normalized spacial score (nSPS) is 9.30. The van der Waals surface area contributed by atoms with Gasteiger partial charge < -0.3 is 75.6 Å². The molecule has 0 aliphatic rings. The van der Waals surface area contributed by atoms with Crippen molar-refractivity contribution in [2.45, 2.75) is 83.1 Å². The first-order valence-corrected chi connectivity index (χ1v) is 14.5. The Hall–Kier alpha value is -2.69. The third-order valence-electron chi connectivity index (χ3n) is 4.06. The van der Waals surface area contributed by atoms with E-state index < -0.39 is 51.6 Å². The molecular formula is C33H62CoGdN3O15. The van der Waals surface area contributed by atoms with E-state index in [1.54, 1.807) is 101 Å². The molecule has 0 bridgehead atoms. The molecule has 0 saturated heterocycles. The number of carboxylic acids is 4. The number of aliphatic carboxylic acids is 4. The minimum absolute atomic E-state index is 0. The summed E-state index contributed by atoms with van der Waals surface area (Å²) in [6.07, 6.45) is 1.20. The fraction of sp³-hybridized carbons (Fsp3) is 0.636. The average molecular weight is 957 g/mol. The molecule has 7 N–H and O–H groups in total. The first-order chi connectivity index (χ1) is 22.9. The standard InChI is InChI=1S/C9H11N3O3.4C5H10O2.4CH4O.Co.Gd/c1-15-7-4-2-3-6(8(7)13)5-11-12-9(10)14;4*1-5(2,3)4(6)7;4*1-2;;/h2-5,13H,1H3,(H3,10,12,14);4*1-3H3,(H,6,7);4*2H,1H3;;/q;;;;;;;;;+3;+2/p-5/b11-5+;;;;;;;;;;. The number of rotatable bonds is 3. The van der Waals surface area contributed by atoms with Crippen LogP contribution in [0.3, 0.4) is 0 Å². The summed E-state index contributed by atoms with van der Waals surface area (Å²) in [5.74, 6) is -4.10. The number of methoxy groups -OCH3 is 1. The summed E-state index contributed by atoms with van der Waals surface area (Å²) in [4.78, 5) is 49.9. The summed E-state index contributed by atoms with van der Waals surface area (Å²) in [6.45, 7) is 19.2. The summed E-state index contributed by atoms with van der Waals surface area (Å²) < 4.78 is 4.83. The first-order valence-electron chi connectivity index (χ1n) is 14.5. The van der Waals surface area contributed by atoms with Gasteiger partial charge in [0.2, 0.25) is 0 Å². The number of primary amides is 1. The number of carbonyl (C=O) groups excluding carboxylic acids is 5. The van der Waals surface area contributed by atoms with Gasteiger partial charge in [-0.15, -0.1) is 0 Å². The van der Waals surface area contributed by atoms with Gasteiger partial charge in [0.25, 0.3) is 0 Å². The van der Waals surface area contributed by atoms with Crippen molar-refractivity contribution in [2.24, 2.45) is 32.5 Å². The van der Waals surface area contributed by atoms with Gasteiger partial charge in [0.15, 0.2) is 0 Å². The number of nitrogens with zero attached hydrogens (tertiary/aromatic N) is 1. The molecule has 0 fully saturated rings. The molecule has 316 valence electrons. The minimum atomic E-state index is -1.01. The number of nitrogens with one attached hydrogen (secondary N) is 1. The zero-order chi connectivity index (χ0) is 43.6. The number of hydrogen-bond acceptors (Lipinski definition) is 16. The molecule has 0 heterocycles. The van der Waals surface area contributed by atoms with Gasteiger partial charge in [0.1, 0.15) is 5.75 Å². The molecule has 1 aromatic rings. The van der Waals surface area contributed by atoms with E-state index in [1.807, 2.05) is 5.43 Å². The fourth-order valence-electron chi connectivity index (χ4n) is 0.961. The van der Waals surface area contributed by atoms with E-state index in [0.29, 0.717) is 5.56 Å². The molecule has 53 heavy (non-hydrogen) atoms. The van der Waals surface area contributed by atoms with Crippen LogP contribution in [0.4, 0.5) is 4.79 Å². The third kappa shape index (κ3) is 58.8. The Morgan fingerprint density at radius 2 is 0.868 bits per heavy atom. The molecule has 0 spiro atoms. The Balaban J connectivity index is -0.0000000535. The number of urea groups is 1. The number of hydrazone groups is 1. The van der Waals surface area contributed by atoms with Gasteiger partial charge in [-0.1, -0.05) is 101 Å². The third-order valence-corrected chi connectivity index (χ3v) is 4.06. The molecule has 0 aromatic heterocycles. The van der Waals surface area contributed by atoms with Crippen LogP contribution in [0.1, 0.15) is 88.6 Å². The molecular weight excluding hydrogens is 895 g/mol. The van der Waals surface area contributed by atoms with Gasteiger partial charge in [-0.05, 0) is 11.6 Å². The summed E-state index contributed by atoms with van der Waals surface area (Å²) in [7, 11) is 5.40. The maximum Gasteiger partial charge on any atom is 3.00 e. The van der Waals surface area contributed by atoms with Crippen molar-refractivity contribution in [1.29, 1.82) is 0 Å². The second-order valence-corrected chi connectivity index (χ2v) is 12.8. The summed E-state index contributed by atoms with van der Waals surface area (Å²) in [5, 5.41) is 82.6. The van der Waals surface area contributed by atoms with E-state index in [2.05, 4.69) is 5.10 Å². The van der Waals surface area contributed by atoms with Crippen LogP contribution < -0.4 is 41.4 Å². The predicted molar refractivity (Wildman–Crippen MR) is 183 cm³/mol. The predicted octanol–water partition coefficient (Wildman–Crippen LogP) is -2.67. The number of ether oxygens (including phenoxy) is 1. The zero-order valence-electron chi connectivity index (χ0n) is 33.8. The number of nitrogens with two attached hydrogens (primary N) is 1. The number of carbonyl (C=O) groups is 5. The quantitative estimate of drug-likeness (QED) is 0.133. The molecule has 18 nitrogen and oxygen atoms in total. The van der Waals surface area contributed by atoms with E-state index >= 15 is 0 Å². The molecule has 2 amide bonds. The smallest absolute Gasteiger partial charge is 0.870 e. The maximum atomic E-state index is 11.5. The second kappa shape index (κ2) is 42.1. The Morgan fingerprint density at radius 3 is 1.04 bits per heavy atom. The van der Waals surface area contributed by atoms with Crippen LogP contribution in [0, 0.1) is 61.6 Å². The van der Waals surface area contributed by atoms with Crippen LogP contribution in [-0.2, 0) is 36.0 Å². The van der Waals surface area contributed by atoms with Gasteiger partial charge in [0.05, 0.1) is 13.3 Å². The molecule has 0 aliphatic heterocycles. The largest absolute Gasteiger partial charge is 3.00 e. The van der Waals surface area contributed by atoms with Crippen LogP contribution in [0.25, 0.3) is 0 Å². The number of aliphatic hydroxyl groups is 4. The summed E-state index contributed by atoms with van der Waals surface area (Å²) in [6, 6.07) is 3.95. The average Bonchev–Trinajstić information content (AvgIpc) is 3.01. The van der Waals surface area contributed by atoms with Crippen LogP contribution in [0.2, 0.25) is 0 Å². The molecule has 0 saturated carbocycles. The second-order valence-electron chi connectivity index (χ2n) is 12.8. The molecule has 0 aliphatic carbocycles. The monoisotopic (exact) mass is 957 g/mol. The number of hydrogen-bond donors (Lipinski definition) is 6. The minimum Gasteiger partial charge on any atom is -0.870 e. The topological polar surface area (TPSA) is 341 Å². The van der Waals surface area contributed by atoms with Crippen molar-refractivity contribution in [2.75, 3.05) is 35.5 Å². The van der Waals surface area contributed by atoms with E-state index in [-0.39, 0.29) is 68.2 Å². The van der Waals surface area contributed by atoms with Gasteiger partial charge in [-0.2, -0.15) is 5.10 Å². The van der Waals surface area contributed by atoms with Gasteiger partial charge in [-0.25, -0.2) is 10.2 Å². The van der Waals surface area contributed by atoms with Crippen molar-refractivity contribution in [3.05, 3.63) is 23.8 Å². The van der Waals surface area contributed by atoms with Gasteiger partial charge >= 0.3 is 62.8 Å². The summed E-state index contributed by atoms with van der Waals surface area (Å²) >= 11 is 0. The summed E-state index contributed by atoms with van der Waals surface area (Å²) in [5.41, 5.74) is 4.30. The van der Waals surface area contributed by atoms with E-state index in [1.165, 1.54) is 13.3 Å². The molecule has 0 radical (unpaired) electrons. The van der Waals surface area contributed by atoms with Crippen molar-refractivity contribution < 1.29 is 131 Å². The van der Waals surface area contributed by atoms with Gasteiger partial charge in [0, 0.05) is 74.0 Å². The fourth-order valence-corrected chi connectivity index (χ4v) is 0.961. The number of para-hydroxylation sites is 1. The van der Waals surface area contributed by atoms with Crippen LogP contribution in [0.5, 0.6) is 11.5 Å².